The third-order valence-electron chi connectivity index (χ3n) is 6.75. The lowest BCUT2D eigenvalue weighted by molar-refractivity contribution is -0.136. The number of nitrogens with zero attached hydrogens (tertiary/aromatic N) is 1. The highest BCUT2D eigenvalue weighted by atomic mass is 16.1. The monoisotopic (exact) mass is 381 g/mol. The molecular weight excluding hydrogens is 354 g/mol. The van der Waals surface area contributed by atoms with Crippen LogP contribution in [0.4, 0.5) is 0 Å². The summed E-state index contributed by atoms with van der Waals surface area (Å²) in [5.74, 6) is 0.934. The molecule has 2 nitrogen and oxygen atoms in total. The van der Waals surface area contributed by atoms with Gasteiger partial charge in [-0.15, -0.1) is 0 Å². The van der Waals surface area contributed by atoms with Gasteiger partial charge >= 0.3 is 0 Å². The maximum atomic E-state index is 13.0. The van der Waals surface area contributed by atoms with Crippen molar-refractivity contribution < 1.29 is 4.79 Å². The molecule has 3 heterocycles. The van der Waals surface area contributed by atoms with Gasteiger partial charge in [0.2, 0.25) is 0 Å². The van der Waals surface area contributed by atoms with Gasteiger partial charge in [-0.05, 0) is 54.6 Å². The van der Waals surface area contributed by atoms with Crippen LogP contribution >= 0.6 is 0 Å². The molecule has 0 amide bonds. The molecule has 0 spiro atoms. The van der Waals surface area contributed by atoms with Gasteiger partial charge in [0.15, 0.2) is 5.78 Å². The molecule has 0 saturated carbocycles. The molecule has 3 fully saturated rings. The Kier molecular flexibility index (Phi) is 5.03. The number of ketones is 1. The van der Waals surface area contributed by atoms with E-state index in [1.807, 2.05) is 0 Å². The fourth-order valence-corrected chi connectivity index (χ4v) is 5.23. The summed E-state index contributed by atoms with van der Waals surface area (Å²) in [7, 11) is 0. The maximum absolute atomic E-state index is 13.0. The molecule has 6 rings (SSSR count). The molecule has 3 saturated heterocycles. The van der Waals surface area contributed by atoms with E-state index >= 15 is 0 Å². The molecule has 3 aliphatic heterocycles. The maximum Gasteiger partial charge on any atom is 0.153 e. The summed E-state index contributed by atoms with van der Waals surface area (Å²) in [6.45, 7) is 2.15. The minimum atomic E-state index is 0.0517. The van der Waals surface area contributed by atoms with E-state index in [1.165, 1.54) is 22.3 Å². The smallest absolute Gasteiger partial charge is 0.153 e. The summed E-state index contributed by atoms with van der Waals surface area (Å²) < 4.78 is 0. The zero-order valence-corrected chi connectivity index (χ0v) is 16.7. The van der Waals surface area contributed by atoms with Gasteiger partial charge in [-0.3, -0.25) is 9.69 Å². The van der Waals surface area contributed by atoms with Crippen molar-refractivity contribution in [2.75, 3.05) is 13.1 Å². The van der Waals surface area contributed by atoms with Gasteiger partial charge in [-0.1, -0.05) is 84.9 Å². The predicted molar refractivity (Wildman–Crippen MR) is 117 cm³/mol. The first-order valence-electron chi connectivity index (χ1n) is 10.8. The van der Waals surface area contributed by atoms with Crippen molar-refractivity contribution in [1.82, 2.24) is 4.90 Å². The number of fused-ring (bicyclic) bond motifs is 3. The lowest BCUT2D eigenvalue weighted by Crippen LogP contribution is -2.56. The van der Waals surface area contributed by atoms with E-state index in [1.54, 1.807) is 0 Å². The van der Waals surface area contributed by atoms with Gasteiger partial charge in [-0.25, -0.2) is 0 Å². The number of benzene rings is 3. The van der Waals surface area contributed by atoms with Gasteiger partial charge in [0.1, 0.15) is 0 Å². The first-order valence-corrected chi connectivity index (χ1v) is 10.8. The number of piperidine rings is 3. The second-order valence-electron chi connectivity index (χ2n) is 8.39. The highest BCUT2D eigenvalue weighted by Gasteiger charge is 2.41. The lowest BCUT2D eigenvalue weighted by atomic mass is 9.77. The number of carbonyl (C=O) groups excluding carboxylic acids is 1. The number of Topliss-reactive ketones (excluding diaryl/α,β-unsaturated/α-hetero) is 1. The number of hydrogen-bond donors (Lipinski definition) is 0. The van der Waals surface area contributed by atoms with Gasteiger partial charge < -0.3 is 0 Å². The molecule has 0 aromatic heterocycles. The zero-order valence-electron chi connectivity index (χ0n) is 16.7. The van der Waals surface area contributed by atoms with Crippen LogP contribution in [-0.4, -0.2) is 29.8 Å². The number of hydrogen-bond acceptors (Lipinski definition) is 2. The summed E-state index contributed by atoms with van der Waals surface area (Å²) in [6, 6.07) is 30.2. The first-order chi connectivity index (χ1) is 14.3. The number of rotatable bonds is 5. The van der Waals surface area contributed by atoms with Gasteiger partial charge in [-0.2, -0.15) is 0 Å². The third-order valence-corrected chi connectivity index (χ3v) is 6.75. The van der Waals surface area contributed by atoms with Crippen molar-refractivity contribution in [2.45, 2.75) is 31.2 Å². The Morgan fingerprint density at radius 1 is 0.759 bits per heavy atom. The Hall–Kier alpha value is -2.71. The van der Waals surface area contributed by atoms with Crippen LogP contribution in [0.5, 0.6) is 0 Å². The molecule has 0 aliphatic carbocycles. The van der Waals surface area contributed by atoms with E-state index in [-0.39, 0.29) is 17.9 Å². The Labute approximate surface area is 173 Å². The van der Waals surface area contributed by atoms with E-state index in [2.05, 4.69) is 89.8 Å². The van der Waals surface area contributed by atoms with Gasteiger partial charge in [0.05, 0.1) is 6.04 Å². The average molecular weight is 382 g/mol. The molecule has 2 heteroatoms. The second kappa shape index (κ2) is 7.96. The quantitative estimate of drug-likeness (QED) is 0.575. The molecule has 2 bridgehead atoms. The number of carbonyl (C=O) groups is 1. The summed E-state index contributed by atoms with van der Waals surface area (Å²) in [4.78, 5) is 15.4. The minimum Gasteiger partial charge on any atom is -0.298 e. The van der Waals surface area contributed by atoms with Crippen LogP contribution in [0.15, 0.2) is 84.9 Å². The molecule has 3 aliphatic rings. The molecule has 146 valence electrons. The lowest BCUT2D eigenvalue weighted by Gasteiger charge is -2.44. The molecule has 1 unspecified atom stereocenters. The van der Waals surface area contributed by atoms with Crippen LogP contribution in [0.3, 0.4) is 0 Å². The summed E-state index contributed by atoms with van der Waals surface area (Å²) >= 11 is 0. The Balaban J connectivity index is 1.55. The highest BCUT2D eigenvalue weighted by molar-refractivity contribution is 5.88. The fraction of sp³-hybridized carbons (Fsp3) is 0.296. The van der Waals surface area contributed by atoms with E-state index < -0.39 is 0 Å². The van der Waals surface area contributed by atoms with Crippen molar-refractivity contribution in [3.05, 3.63) is 107 Å². The second-order valence-corrected chi connectivity index (χ2v) is 8.39. The zero-order chi connectivity index (χ0) is 19.6. The topological polar surface area (TPSA) is 20.3 Å². The predicted octanol–water partition coefficient (Wildman–Crippen LogP) is 5.07. The summed E-state index contributed by atoms with van der Waals surface area (Å²) in [5.41, 5.74) is 5.21. The summed E-state index contributed by atoms with van der Waals surface area (Å²) in [6.07, 6.45) is 2.92. The van der Waals surface area contributed by atoms with Crippen LogP contribution in [0.25, 0.3) is 0 Å². The molecule has 1 atom stereocenters. The SMILES string of the molecule is O=C1C2CCN(CC2)C1Cc1ccccc1C(c1ccccc1)c1ccccc1. The molecule has 0 radical (unpaired) electrons. The Morgan fingerprint density at radius 3 is 1.90 bits per heavy atom. The van der Waals surface area contributed by atoms with Crippen LogP contribution in [-0.2, 0) is 11.2 Å². The summed E-state index contributed by atoms with van der Waals surface area (Å²) in [5, 5.41) is 0. The Bertz CT molecular complexity index is 934. The van der Waals surface area contributed by atoms with Crippen LogP contribution < -0.4 is 0 Å². The average Bonchev–Trinajstić information content (AvgIpc) is 2.79. The molecule has 0 N–H and O–H groups in total. The van der Waals surface area contributed by atoms with Crippen molar-refractivity contribution >= 4 is 5.78 Å². The fourth-order valence-electron chi connectivity index (χ4n) is 5.23. The van der Waals surface area contributed by atoms with Crippen LogP contribution in [0, 0.1) is 5.92 Å². The molecule has 29 heavy (non-hydrogen) atoms. The highest BCUT2D eigenvalue weighted by Crippen LogP contribution is 2.36. The standard InChI is InChI=1S/C27H27NO/c29-27-22-15-17-28(18-16-22)25(27)19-23-13-7-8-14-24(23)26(20-9-3-1-4-10-20)21-11-5-2-6-12-21/h1-14,22,25-26H,15-19H2. The molecular formula is C27H27NO. The van der Waals surface area contributed by atoms with Crippen molar-refractivity contribution in [3.63, 3.8) is 0 Å². The van der Waals surface area contributed by atoms with Gasteiger partial charge in [0.25, 0.3) is 0 Å². The van der Waals surface area contributed by atoms with E-state index in [9.17, 15) is 4.79 Å². The van der Waals surface area contributed by atoms with Crippen LogP contribution in [0.1, 0.15) is 41.0 Å². The molecule has 3 aromatic carbocycles. The van der Waals surface area contributed by atoms with Crippen molar-refractivity contribution in [3.8, 4) is 0 Å². The van der Waals surface area contributed by atoms with E-state index in [0.29, 0.717) is 5.78 Å². The van der Waals surface area contributed by atoms with Crippen molar-refractivity contribution in [2.24, 2.45) is 5.92 Å². The van der Waals surface area contributed by atoms with Crippen molar-refractivity contribution in [1.29, 1.82) is 0 Å². The Morgan fingerprint density at radius 2 is 1.31 bits per heavy atom. The minimum absolute atomic E-state index is 0.0517. The largest absolute Gasteiger partial charge is 0.298 e. The molecule has 3 aromatic rings. The van der Waals surface area contributed by atoms with Gasteiger partial charge in [0, 0.05) is 11.8 Å². The first kappa shape index (κ1) is 18.3. The normalized spacial score (nSPS) is 23.5. The third kappa shape index (κ3) is 3.54. The van der Waals surface area contributed by atoms with E-state index in [4.69, 9.17) is 0 Å². The van der Waals surface area contributed by atoms with E-state index in [0.717, 1.165) is 32.4 Å². The van der Waals surface area contributed by atoms with Crippen LogP contribution in [0.2, 0.25) is 0 Å².